The van der Waals surface area contributed by atoms with E-state index in [2.05, 4.69) is 137 Å². The van der Waals surface area contributed by atoms with Gasteiger partial charge in [0.15, 0.2) is 0 Å². The van der Waals surface area contributed by atoms with Crippen LogP contribution in [0.3, 0.4) is 0 Å². The second-order valence-electron chi connectivity index (χ2n) is 12.7. The molecule has 7 aromatic rings. The van der Waals surface area contributed by atoms with Crippen LogP contribution in [0.5, 0.6) is 0 Å². The molecule has 0 N–H and O–H groups in total. The summed E-state index contributed by atoms with van der Waals surface area (Å²) in [7, 11) is 0. The molecule has 8 rings (SSSR count). The second-order valence-corrected chi connectivity index (χ2v) is 12.7. The van der Waals surface area contributed by atoms with Crippen LogP contribution in [-0.2, 0) is 11.8 Å². The number of nitrogens with zero attached hydrogens (tertiary/aromatic N) is 1. The Morgan fingerprint density at radius 3 is 1.98 bits per heavy atom. The van der Waals surface area contributed by atoms with Crippen LogP contribution >= 0.6 is 0 Å². The summed E-state index contributed by atoms with van der Waals surface area (Å²) in [5, 5.41) is 9.32. The Labute approximate surface area is 241 Å². The van der Waals surface area contributed by atoms with E-state index < -0.39 is 0 Å². The molecule has 1 aromatic heterocycles. The van der Waals surface area contributed by atoms with E-state index in [0.717, 1.165) is 17.6 Å². The van der Waals surface area contributed by atoms with Crippen molar-refractivity contribution in [2.75, 3.05) is 0 Å². The average molecular weight is 528 g/mol. The van der Waals surface area contributed by atoms with Gasteiger partial charge in [0, 0.05) is 16.4 Å². The van der Waals surface area contributed by atoms with Crippen molar-refractivity contribution in [2.24, 2.45) is 5.92 Å². The molecule has 0 aliphatic heterocycles. The van der Waals surface area contributed by atoms with Gasteiger partial charge in [-0.2, -0.15) is 0 Å². The SMILES string of the molecule is CC(C)Cc1cccc2nc(-c3ccc4c(c3)C(C)(C)c3c-4ccc4c5ccccc5c5ccccc5c34)ccc12. The number of rotatable bonds is 3. The molecule has 1 aliphatic carbocycles. The predicted molar refractivity (Wildman–Crippen MR) is 176 cm³/mol. The van der Waals surface area contributed by atoms with Gasteiger partial charge in [0.1, 0.15) is 0 Å². The van der Waals surface area contributed by atoms with Crippen molar-refractivity contribution in [3.05, 3.63) is 126 Å². The summed E-state index contributed by atoms with van der Waals surface area (Å²) in [6.07, 6.45) is 1.07. The maximum Gasteiger partial charge on any atom is 0.0712 e. The molecule has 0 spiro atoms. The van der Waals surface area contributed by atoms with E-state index in [1.807, 2.05) is 0 Å². The number of hydrogen-bond acceptors (Lipinski definition) is 1. The highest BCUT2D eigenvalue weighted by atomic mass is 14.7. The summed E-state index contributed by atoms with van der Waals surface area (Å²) >= 11 is 0. The van der Waals surface area contributed by atoms with Crippen LogP contribution in [0.2, 0.25) is 0 Å². The molecule has 1 heterocycles. The van der Waals surface area contributed by atoms with Gasteiger partial charge < -0.3 is 0 Å². The van der Waals surface area contributed by atoms with Gasteiger partial charge in [0.05, 0.1) is 11.2 Å². The van der Waals surface area contributed by atoms with Crippen LogP contribution in [0, 0.1) is 5.92 Å². The third-order valence-corrected chi connectivity index (χ3v) is 9.26. The van der Waals surface area contributed by atoms with Crippen LogP contribution in [0.25, 0.3) is 65.6 Å². The van der Waals surface area contributed by atoms with Crippen LogP contribution in [0.4, 0.5) is 0 Å². The molecular weight excluding hydrogens is 494 g/mol. The topological polar surface area (TPSA) is 12.9 Å². The Balaban J connectivity index is 1.33. The van der Waals surface area contributed by atoms with E-state index in [4.69, 9.17) is 4.98 Å². The van der Waals surface area contributed by atoms with E-state index >= 15 is 0 Å². The third-order valence-electron chi connectivity index (χ3n) is 9.26. The molecule has 1 heteroatoms. The zero-order chi connectivity index (χ0) is 27.9. The van der Waals surface area contributed by atoms with E-state index in [-0.39, 0.29) is 5.41 Å². The van der Waals surface area contributed by atoms with Crippen molar-refractivity contribution in [3.63, 3.8) is 0 Å². The Morgan fingerprint density at radius 1 is 0.610 bits per heavy atom. The maximum absolute atomic E-state index is 5.16. The average Bonchev–Trinajstić information content (AvgIpc) is 3.22. The van der Waals surface area contributed by atoms with Crippen LogP contribution < -0.4 is 0 Å². The number of hydrogen-bond donors (Lipinski definition) is 0. The van der Waals surface area contributed by atoms with Crippen molar-refractivity contribution in [3.8, 4) is 22.4 Å². The van der Waals surface area contributed by atoms with Crippen LogP contribution in [0.15, 0.2) is 109 Å². The highest BCUT2D eigenvalue weighted by Gasteiger charge is 2.38. The summed E-state index contributed by atoms with van der Waals surface area (Å²) in [5.41, 5.74) is 10.0. The molecule has 0 atom stereocenters. The van der Waals surface area contributed by atoms with Crippen molar-refractivity contribution in [2.45, 2.75) is 39.5 Å². The van der Waals surface area contributed by atoms with Crippen LogP contribution in [0.1, 0.15) is 44.4 Å². The van der Waals surface area contributed by atoms with Gasteiger partial charge in [-0.1, -0.05) is 119 Å². The molecular formula is C40H33N. The fourth-order valence-corrected chi connectivity index (χ4v) is 7.46. The second kappa shape index (κ2) is 8.75. The first-order valence-corrected chi connectivity index (χ1v) is 14.8. The summed E-state index contributed by atoms with van der Waals surface area (Å²) in [6.45, 7) is 9.35. The predicted octanol–water partition coefficient (Wildman–Crippen LogP) is 10.9. The molecule has 0 amide bonds. The molecule has 0 fully saturated rings. The van der Waals surface area contributed by atoms with Gasteiger partial charge in [-0.05, 0) is 90.7 Å². The van der Waals surface area contributed by atoms with Crippen molar-refractivity contribution in [1.82, 2.24) is 4.98 Å². The molecule has 6 aromatic carbocycles. The fraction of sp³-hybridized carbons (Fsp3) is 0.175. The van der Waals surface area contributed by atoms with Gasteiger partial charge in [-0.3, -0.25) is 0 Å². The Morgan fingerprint density at radius 2 is 1.24 bits per heavy atom. The summed E-state index contributed by atoms with van der Waals surface area (Å²) in [4.78, 5) is 5.16. The molecule has 198 valence electrons. The van der Waals surface area contributed by atoms with Gasteiger partial charge in [0.2, 0.25) is 0 Å². The van der Waals surface area contributed by atoms with Crippen LogP contribution in [-0.4, -0.2) is 4.98 Å². The van der Waals surface area contributed by atoms with Gasteiger partial charge in [-0.15, -0.1) is 0 Å². The molecule has 0 saturated heterocycles. The lowest BCUT2D eigenvalue weighted by molar-refractivity contribution is 0.650. The lowest BCUT2D eigenvalue weighted by Gasteiger charge is -2.25. The van der Waals surface area contributed by atoms with Gasteiger partial charge >= 0.3 is 0 Å². The quantitative estimate of drug-likeness (QED) is 0.208. The normalized spacial score (nSPS) is 13.9. The lowest BCUT2D eigenvalue weighted by Crippen LogP contribution is -2.16. The number of pyridine rings is 1. The standard InChI is InChI=1S/C40H33N/c1-24(2)22-25-10-9-15-37-27(25)20-21-36(41-37)26-16-17-31-34-19-18-33-30-13-6-5-11-28(30)29-12-7-8-14-32(29)38(33)39(34)40(3,4)35(31)23-26/h5-21,23-24H,22H2,1-4H3. The molecule has 0 radical (unpaired) electrons. The Bertz CT molecular complexity index is 2150. The Hall–Kier alpha value is -4.49. The summed E-state index contributed by atoms with van der Waals surface area (Å²) < 4.78 is 0. The smallest absolute Gasteiger partial charge is 0.0712 e. The molecule has 1 aliphatic rings. The molecule has 0 unspecified atom stereocenters. The van der Waals surface area contributed by atoms with E-state index in [9.17, 15) is 0 Å². The first-order chi connectivity index (χ1) is 19.9. The number of benzene rings is 6. The first kappa shape index (κ1) is 24.3. The lowest BCUT2D eigenvalue weighted by atomic mass is 9.78. The minimum absolute atomic E-state index is 0.146. The summed E-state index contributed by atoms with van der Waals surface area (Å²) in [6, 6.07) is 40.5. The minimum Gasteiger partial charge on any atom is -0.248 e. The maximum atomic E-state index is 5.16. The fourth-order valence-electron chi connectivity index (χ4n) is 7.46. The monoisotopic (exact) mass is 527 g/mol. The van der Waals surface area contributed by atoms with Crippen molar-refractivity contribution in [1.29, 1.82) is 0 Å². The molecule has 41 heavy (non-hydrogen) atoms. The first-order valence-electron chi connectivity index (χ1n) is 14.8. The zero-order valence-electron chi connectivity index (χ0n) is 24.1. The Kier molecular flexibility index (Phi) is 5.19. The highest BCUT2D eigenvalue weighted by molar-refractivity contribution is 6.27. The highest BCUT2D eigenvalue weighted by Crippen LogP contribution is 2.54. The molecule has 0 saturated carbocycles. The largest absolute Gasteiger partial charge is 0.248 e. The molecule has 0 bridgehead atoms. The third kappa shape index (κ3) is 3.51. The summed E-state index contributed by atoms with van der Waals surface area (Å²) in [5.74, 6) is 0.618. The van der Waals surface area contributed by atoms with E-state index in [1.165, 1.54) is 71.1 Å². The molecule has 1 nitrogen and oxygen atoms in total. The van der Waals surface area contributed by atoms with Gasteiger partial charge in [-0.25, -0.2) is 4.98 Å². The minimum atomic E-state index is -0.146. The van der Waals surface area contributed by atoms with Crippen molar-refractivity contribution < 1.29 is 0 Å². The zero-order valence-corrected chi connectivity index (χ0v) is 24.1. The van der Waals surface area contributed by atoms with E-state index in [0.29, 0.717) is 5.92 Å². The number of aromatic nitrogens is 1. The number of fused-ring (bicyclic) bond motifs is 11. The van der Waals surface area contributed by atoms with E-state index in [1.54, 1.807) is 0 Å². The van der Waals surface area contributed by atoms with Crippen molar-refractivity contribution >= 4 is 43.2 Å². The van der Waals surface area contributed by atoms with Gasteiger partial charge in [0.25, 0.3) is 0 Å².